The predicted octanol–water partition coefficient (Wildman–Crippen LogP) is 4.54. The molecule has 0 unspecified atom stereocenters. The van der Waals surface area contributed by atoms with Gasteiger partial charge in [0.15, 0.2) is 0 Å². The number of rotatable bonds is 13. The van der Waals surface area contributed by atoms with Crippen LogP contribution in [0, 0.1) is 6.92 Å². The van der Waals surface area contributed by atoms with Gasteiger partial charge in [-0.15, -0.1) is 0 Å². The maximum Gasteiger partial charge on any atom is 0.264 e. The number of nitrogens with one attached hydrogen (secondary N) is 1. The first kappa shape index (κ1) is 31.5. The summed E-state index contributed by atoms with van der Waals surface area (Å²) in [5.41, 5.74) is 2.02. The predicted molar refractivity (Wildman–Crippen MR) is 160 cm³/mol. The first-order valence-electron chi connectivity index (χ1n) is 13.5. The molecule has 9 nitrogen and oxygen atoms in total. The molecule has 0 heterocycles. The SMILES string of the molecule is CC[C@@H](C(=O)NC(C)C)N(Cc1cccc(OC)c1)C(=O)CN(c1ccc(C)cc1)S(=O)(=O)c1ccc(OC)cc1. The molecule has 3 aromatic rings. The number of benzene rings is 3. The minimum atomic E-state index is -4.17. The molecule has 0 spiro atoms. The van der Waals surface area contributed by atoms with E-state index in [9.17, 15) is 18.0 Å². The summed E-state index contributed by atoms with van der Waals surface area (Å²) in [6.45, 7) is 6.99. The van der Waals surface area contributed by atoms with E-state index in [2.05, 4.69) is 5.32 Å². The number of hydrogen-bond acceptors (Lipinski definition) is 6. The molecule has 2 amide bonds. The van der Waals surface area contributed by atoms with Gasteiger partial charge in [0.05, 0.1) is 24.8 Å². The number of aryl methyl sites for hydroxylation is 1. The zero-order chi connectivity index (χ0) is 30.2. The van der Waals surface area contributed by atoms with E-state index in [1.165, 1.54) is 24.1 Å². The molecule has 0 fully saturated rings. The van der Waals surface area contributed by atoms with Gasteiger partial charge in [0.2, 0.25) is 11.8 Å². The summed E-state index contributed by atoms with van der Waals surface area (Å²) in [5.74, 6) is 0.293. The minimum absolute atomic E-state index is 0.00983. The van der Waals surface area contributed by atoms with Crippen molar-refractivity contribution in [2.45, 2.75) is 57.6 Å². The summed E-state index contributed by atoms with van der Waals surface area (Å²) < 4.78 is 39.5. The van der Waals surface area contributed by atoms with Crippen molar-refractivity contribution < 1.29 is 27.5 Å². The molecule has 41 heavy (non-hydrogen) atoms. The number of carbonyl (C=O) groups is 2. The Hall–Kier alpha value is -4.05. The Balaban J connectivity index is 2.06. The highest BCUT2D eigenvalue weighted by Crippen LogP contribution is 2.27. The number of anilines is 1. The Morgan fingerprint density at radius 2 is 1.54 bits per heavy atom. The molecule has 0 aliphatic rings. The highest BCUT2D eigenvalue weighted by atomic mass is 32.2. The number of amides is 2. The van der Waals surface area contributed by atoms with Crippen LogP contribution in [0.5, 0.6) is 11.5 Å². The van der Waals surface area contributed by atoms with Crippen LogP contribution in [0.3, 0.4) is 0 Å². The molecule has 3 aromatic carbocycles. The second-order valence-corrected chi connectivity index (χ2v) is 11.8. The molecular formula is C31H39N3O6S. The first-order chi connectivity index (χ1) is 19.5. The highest BCUT2D eigenvalue weighted by Gasteiger charge is 2.34. The minimum Gasteiger partial charge on any atom is -0.497 e. The molecule has 0 aliphatic heterocycles. The van der Waals surface area contributed by atoms with Gasteiger partial charge in [-0.3, -0.25) is 13.9 Å². The number of ether oxygens (including phenoxy) is 2. The third-order valence-corrected chi connectivity index (χ3v) is 8.34. The van der Waals surface area contributed by atoms with Crippen molar-refractivity contribution in [1.82, 2.24) is 10.2 Å². The van der Waals surface area contributed by atoms with Crippen LogP contribution in [-0.4, -0.2) is 58.0 Å². The molecule has 3 rings (SSSR count). The van der Waals surface area contributed by atoms with Crippen LogP contribution in [0.15, 0.2) is 77.7 Å². The molecule has 0 radical (unpaired) electrons. The normalized spacial score (nSPS) is 12.0. The molecule has 220 valence electrons. The number of methoxy groups -OCH3 is 2. The fraction of sp³-hybridized carbons (Fsp3) is 0.355. The summed E-state index contributed by atoms with van der Waals surface area (Å²) in [6.07, 6.45) is 0.337. The fourth-order valence-corrected chi connectivity index (χ4v) is 5.80. The molecule has 0 aliphatic carbocycles. The van der Waals surface area contributed by atoms with Crippen molar-refractivity contribution >= 4 is 27.5 Å². The van der Waals surface area contributed by atoms with Crippen LogP contribution < -0.4 is 19.1 Å². The van der Waals surface area contributed by atoms with Crippen LogP contribution in [0.25, 0.3) is 0 Å². The second kappa shape index (κ2) is 14.0. The molecule has 0 saturated heterocycles. The van der Waals surface area contributed by atoms with E-state index < -0.39 is 28.5 Å². The van der Waals surface area contributed by atoms with Gasteiger partial charge in [-0.1, -0.05) is 36.8 Å². The number of nitrogens with zero attached hydrogens (tertiary/aromatic N) is 2. The maximum absolute atomic E-state index is 14.1. The summed E-state index contributed by atoms with van der Waals surface area (Å²) in [7, 11) is -1.12. The summed E-state index contributed by atoms with van der Waals surface area (Å²) in [5, 5.41) is 2.89. The average Bonchev–Trinajstić information content (AvgIpc) is 2.96. The Morgan fingerprint density at radius 1 is 0.902 bits per heavy atom. The Labute approximate surface area is 243 Å². The molecule has 0 bridgehead atoms. The van der Waals surface area contributed by atoms with Crippen LogP contribution in [0.2, 0.25) is 0 Å². The second-order valence-electron chi connectivity index (χ2n) is 9.98. The van der Waals surface area contributed by atoms with Crippen molar-refractivity contribution in [3.05, 3.63) is 83.9 Å². The zero-order valence-electron chi connectivity index (χ0n) is 24.5. The average molecular weight is 582 g/mol. The lowest BCUT2D eigenvalue weighted by atomic mass is 10.1. The van der Waals surface area contributed by atoms with E-state index in [0.717, 1.165) is 15.4 Å². The Morgan fingerprint density at radius 3 is 2.10 bits per heavy atom. The topological polar surface area (TPSA) is 105 Å². The van der Waals surface area contributed by atoms with Crippen LogP contribution in [0.4, 0.5) is 5.69 Å². The van der Waals surface area contributed by atoms with E-state index in [1.807, 2.05) is 33.8 Å². The Kier molecular flexibility index (Phi) is 10.8. The van der Waals surface area contributed by atoms with Crippen molar-refractivity contribution in [3.63, 3.8) is 0 Å². The summed E-state index contributed by atoms with van der Waals surface area (Å²) in [6, 6.07) is 19.2. The lowest BCUT2D eigenvalue weighted by Crippen LogP contribution is -2.53. The van der Waals surface area contributed by atoms with Gasteiger partial charge in [0, 0.05) is 12.6 Å². The van der Waals surface area contributed by atoms with Crippen LogP contribution >= 0.6 is 0 Å². The van der Waals surface area contributed by atoms with Gasteiger partial charge in [-0.2, -0.15) is 0 Å². The number of carbonyl (C=O) groups excluding carboxylic acids is 2. The van der Waals surface area contributed by atoms with E-state index in [4.69, 9.17) is 9.47 Å². The molecular weight excluding hydrogens is 542 g/mol. The molecule has 0 aromatic heterocycles. The standard InChI is InChI=1S/C31H39N3O6S/c1-7-29(31(36)32-22(2)3)33(20-24-9-8-10-27(19-24)40-6)30(35)21-34(25-13-11-23(4)12-14-25)41(37,38)28-17-15-26(39-5)16-18-28/h8-19,22,29H,7,20-21H2,1-6H3,(H,32,36)/t29-/m0/s1. The maximum atomic E-state index is 14.1. The lowest BCUT2D eigenvalue weighted by molar-refractivity contribution is -0.140. The molecule has 1 N–H and O–H groups in total. The fourth-order valence-electron chi connectivity index (χ4n) is 4.38. The van der Waals surface area contributed by atoms with E-state index >= 15 is 0 Å². The first-order valence-corrected chi connectivity index (χ1v) is 14.9. The van der Waals surface area contributed by atoms with E-state index in [1.54, 1.807) is 61.7 Å². The van der Waals surface area contributed by atoms with Gasteiger partial charge in [0.25, 0.3) is 10.0 Å². The third-order valence-electron chi connectivity index (χ3n) is 6.55. The zero-order valence-corrected chi connectivity index (χ0v) is 25.3. The van der Waals surface area contributed by atoms with Gasteiger partial charge in [0.1, 0.15) is 24.1 Å². The van der Waals surface area contributed by atoms with Crippen LogP contribution in [0.1, 0.15) is 38.3 Å². The lowest BCUT2D eigenvalue weighted by Gasteiger charge is -2.33. The summed E-state index contributed by atoms with van der Waals surface area (Å²) in [4.78, 5) is 28.8. The van der Waals surface area contributed by atoms with E-state index in [0.29, 0.717) is 23.6 Å². The smallest absolute Gasteiger partial charge is 0.264 e. The molecule has 0 saturated carbocycles. The van der Waals surface area contributed by atoms with Gasteiger partial charge in [-0.25, -0.2) is 8.42 Å². The molecule has 1 atom stereocenters. The van der Waals surface area contributed by atoms with Gasteiger partial charge < -0.3 is 19.7 Å². The van der Waals surface area contributed by atoms with Crippen molar-refractivity contribution in [2.24, 2.45) is 0 Å². The molecule has 10 heteroatoms. The van der Waals surface area contributed by atoms with Gasteiger partial charge >= 0.3 is 0 Å². The highest BCUT2D eigenvalue weighted by molar-refractivity contribution is 7.92. The Bertz CT molecular complexity index is 1420. The van der Waals surface area contributed by atoms with Gasteiger partial charge in [-0.05, 0) is 81.3 Å². The summed E-state index contributed by atoms with van der Waals surface area (Å²) >= 11 is 0. The van der Waals surface area contributed by atoms with Crippen LogP contribution in [-0.2, 0) is 26.2 Å². The van der Waals surface area contributed by atoms with Crippen molar-refractivity contribution in [3.8, 4) is 11.5 Å². The largest absolute Gasteiger partial charge is 0.497 e. The van der Waals surface area contributed by atoms with Crippen molar-refractivity contribution in [1.29, 1.82) is 0 Å². The monoisotopic (exact) mass is 581 g/mol. The number of sulfonamides is 1. The number of hydrogen-bond donors (Lipinski definition) is 1. The quantitative estimate of drug-likeness (QED) is 0.318. The third kappa shape index (κ3) is 8.00. The van der Waals surface area contributed by atoms with E-state index in [-0.39, 0.29) is 23.4 Å². The van der Waals surface area contributed by atoms with Crippen molar-refractivity contribution in [2.75, 3.05) is 25.1 Å².